The zero-order valence-electron chi connectivity index (χ0n) is 14.2. The molecule has 0 radical (unpaired) electrons. The van der Waals surface area contributed by atoms with E-state index in [1.165, 1.54) is 25.4 Å². The van der Waals surface area contributed by atoms with Crippen LogP contribution in [0.4, 0.5) is 10.1 Å². The molecular weight excluding hydrogens is 363 g/mol. The van der Waals surface area contributed by atoms with Crippen molar-refractivity contribution in [3.05, 3.63) is 57.3 Å². The molecule has 7 nitrogen and oxygen atoms in total. The number of rotatable bonds is 4. The number of nitro groups is 1. The van der Waals surface area contributed by atoms with Gasteiger partial charge in [-0.25, -0.2) is 9.18 Å². The summed E-state index contributed by atoms with van der Waals surface area (Å²) >= 11 is 1.10. The first-order valence-corrected chi connectivity index (χ1v) is 8.40. The molecule has 26 heavy (non-hydrogen) atoms. The molecular formula is C17H15FN2O5S. The highest BCUT2D eigenvalue weighted by Gasteiger charge is 2.17. The first-order valence-electron chi connectivity index (χ1n) is 7.58. The quantitative estimate of drug-likeness (QED) is 0.362. The standard InChI is InChI=1S/C15H9FN2O5S.C2H6/c1-22-15(19)13-7-10-14(24-13)12(4-5-17-10)23-11-3-2-8(18(20)21)6-9(11)16;1-2/h2-7H,1H3;1-2H3. The summed E-state index contributed by atoms with van der Waals surface area (Å²) in [5, 5.41) is 10.6. The lowest BCUT2D eigenvalue weighted by Gasteiger charge is -2.07. The van der Waals surface area contributed by atoms with Crippen LogP contribution in [0.5, 0.6) is 11.5 Å². The molecule has 0 aliphatic rings. The van der Waals surface area contributed by atoms with Gasteiger partial charge >= 0.3 is 5.97 Å². The van der Waals surface area contributed by atoms with Gasteiger partial charge in [0.25, 0.3) is 5.69 Å². The number of carbonyl (C=O) groups is 1. The van der Waals surface area contributed by atoms with Crippen LogP contribution in [0.1, 0.15) is 23.5 Å². The Bertz CT molecular complexity index is 957. The summed E-state index contributed by atoms with van der Waals surface area (Å²) < 4.78 is 24.7. The molecule has 0 unspecified atom stereocenters. The van der Waals surface area contributed by atoms with Crippen molar-refractivity contribution < 1.29 is 23.6 Å². The molecule has 0 saturated carbocycles. The van der Waals surface area contributed by atoms with E-state index in [4.69, 9.17) is 4.74 Å². The molecule has 0 atom stereocenters. The predicted octanol–water partition coefficient (Wildman–Crippen LogP) is 4.95. The lowest BCUT2D eigenvalue weighted by Crippen LogP contribution is -1.96. The summed E-state index contributed by atoms with van der Waals surface area (Å²) in [5.41, 5.74) is 0.129. The molecule has 0 amide bonds. The number of fused-ring (bicyclic) bond motifs is 1. The smallest absolute Gasteiger partial charge is 0.348 e. The number of benzene rings is 1. The monoisotopic (exact) mass is 378 g/mol. The molecule has 9 heteroatoms. The summed E-state index contributed by atoms with van der Waals surface area (Å²) in [6.45, 7) is 4.00. The van der Waals surface area contributed by atoms with Gasteiger partial charge < -0.3 is 9.47 Å². The number of methoxy groups -OCH3 is 1. The Morgan fingerprint density at radius 2 is 1.96 bits per heavy atom. The van der Waals surface area contributed by atoms with E-state index in [1.54, 1.807) is 6.07 Å². The van der Waals surface area contributed by atoms with Crippen LogP contribution in [0, 0.1) is 15.9 Å². The third-order valence-corrected chi connectivity index (χ3v) is 4.23. The van der Waals surface area contributed by atoms with Gasteiger partial charge in [0, 0.05) is 18.3 Å². The maximum atomic E-state index is 14.0. The number of non-ortho nitro benzene ring substituents is 1. The maximum Gasteiger partial charge on any atom is 0.348 e. The second-order valence-electron chi connectivity index (χ2n) is 4.60. The zero-order valence-corrected chi connectivity index (χ0v) is 15.0. The highest BCUT2D eigenvalue weighted by molar-refractivity contribution is 7.21. The Morgan fingerprint density at radius 3 is 2.58 bits per heavy atom. The minimum Gasteiger partial charge on any atom is -0.465 e. The molecule has 0 spiro atoms. The van der Waals surface area contributed by atoms with E-state index in [9.17, 15) is 19.3 Å². The molecule has 0 fully saturated rings. The number of hydrogen-bond acceptors (Lipinski definition) is 7. The van der Waals surface area contributed by atoms with Gasteiger partial charge in [-0.2, -0.15) is 0 Å². The van der Waals surface area contributed by atoms with Gasteiger partial charge in [0.15, 0.2) is 11.6 Å². The summed E-state index contributed by atoms with van der Waals surface area (Å²) in [5.74, 6) is -1.25. The number of esters is 1. The highest BCUT2D eigenvalue weighted by Crippen LogP contribution is 2.36. The average molecular weight is 378 g/mol. The Hall–Kier alpha value is -3.07. The van der Waals surface area contributed by atoms with E-state index in [-0.39, 0.29) is 17.2 Å². The van der Waals surface area contributed by atoms with Crippen LogP contribution in [0.25, 0.3) is 10.2 Å². The average Bonchev–Trinajstić information content (AvgIpc) is 3.09. The van der Waals surface area contributed by atoms with E-state index in [0.29, 0.717) is 15.1 Å². The van der Waals surface area contributed by atoms with Crippen LogP contribution >= 0.6 is 11.3 Å². The van der Waals surface area contributed by atoms with Crippen LogP contribution in [-0.4, -0.2) is 23.0 Å². The molecule has 3 rings (SSSR count). The van der Waals surface area contributed by atoms with Crippen molar-refractivity contribution in [1.29, 1.82) is 0 Å². The topological polar surface area (TPSA) is 91.6 Å². The van der Waals surface area contributed by atoms with Crippen LogP contribution in [0.2, 0.25) is 0 Å². The van der Waals surface area contributed by atoms with Crippen molar-refractivity contribution in [3.63, 3.8) is 0 Å². The Morgan fingerprint density at radius 1 is 1.23 bits per heavy atom. The second kappa shape index (κ2) is 8.34. The van der Waals surface area contributed by atoms with Gasteiger partial charge in [0.2, 0.25) is 0 Å². The molecule has 2 aromatic heterocycles. The number of carbonyl (C=O) groups excluding carboxylic acids is 1. The number of thiophene rings is 1. The highest BCUT2D eigenvalue weighted by atomic mass is 32.1. The number of halogens is 1. The van der Waals surface area contributed by atoms with Gasteiger partial charge in [-0.15, -0.1) is 11.3 Å². The summed E-state index contributed by atoms with van der Waals surface area (Å²) in [6.07, 6.45) is 1.45. The van der Waals surface area contributed by atoms with E-state index < -0.39 is 16.7 Å². The minimum absolute atomic E-state index is 0.166. The Labute approximate surface area is 152 Å². The molecule has 2 heterocycles. The number of aromatic nitrogens is 1. The van der Waals surface area contributed by atoms with Gasteiger partial charge in [-0.3, -0.25) is 15.1 Å². The van der Waals surface area contributed by atoms with Crippen molar-refractivity contribution in [3.8, 4) is 11.5 Å². The fourth-order valence-electron chi connectivity index (χ4n) is 2.00. The largest absolute Gasteiger partial charge is 0.465 e. The van der Waals surface area contributed by atoms with Crippen molar-refractivity contribution >= 4 is 33.2 Å². The first kappa shape index (κ1) is 19.3. The number of hydrogen-bond donors (Lipinski definition) is 0. The number of nitro benzene ring substituents is 1. The molecule has 0 saturated heterocycles. The number of pyridine rings is 1. The van der Waals surface area contributed by atoms with Gasteiger partial charge in [-0.05, 0) is 12.1 Å². The zero-order chi connectivity index (χ0) is 19.3. The van der Waals surface area contributed by atoms with Crippen LogP contribution < -0.4 is 4.74 Å². The van der Waals surface area contributed by atoms with Gasteiger partial charge in [0.1, 0.15) is 10.6 Å². The van der Waals surface area contributed by atoms with E-state index in [0.717, 1.165) is 23.5 Å². The predicted molar refractivity (Wildman–Crippen MR) is 95.4 cm³/mol. The van der Waals surface area contributed by atoms with Crippen molar-refractivity contribution in [2.45, 2.75) is 13.8 Å². The summed E-state index contributed by atoms with van der Waals surface area (Å²) in [4.78, 5) is 26.0. The summed E-state index contributed by atoms with van der Waals surface area (Å²) in [7, 11) is 1.27. The van der Waals surface area contributed by atoms with E-state index >= 15 is 0 Å². The van der Waals surface area contributed by atoms with Gasteiger partial charge in [0.05, 0.1) is 28.3 Å². The van der Waals surface area contributed by atoms with Crippen LogP contribution in [0.3, 0.4) is 0 Å². The third kappa shape index (κ3) is 3.94. The van der Waals surface area contributed by atoms with Crippen molar-refractivity contribution in [2.24, 2.45) is 0 Å². The fraction of sp³-hybridized carbons (Fsp3) is 0.176. The Balaban J connectivity index is 0.00000117. The van der Waals surface area contributed by atoms with Crippen LogP contribution in [0.15, 0.2) is 36.5 Å². The first-order chi connectivity index (χ1) is 12.5. The molecule has 136 valence electrons. The normalized spacial score (nSPS) is 10.0. The summed E-state index contributed by atoms with van der Waals surface area (Å²) in [6, 6.07) is 6.16. The lowest BCUT2D eigenvalue weighted by atomic mass is 10.3. The molecule has 3 aromatic rings. The van der Waals surface area contributed by atoms with Crippen molar-refractivity contribution in [1.82, 2.24) is 4.98 Å². The lowest BCUT2D eigenvalue weighted by molar-refractivity contribution is -0.385. The minimum atomic E-state index is -0.862. The van der Waals surface area contributed by atoms with Crippen LogP contribution in [-0.2, 0) is 4.74 Å². The SMILES string of the molecule is CC.COC(=O)c1cc2nccc(Oc3ccc([N+](=O)[O-])cc3F)c2s1. The number of nitrogens with zero attached hydrogens (tertiary/aromatic N) is 2. The third-order valence-electron chi connectivity index (χ3n) is 3.11. The van der Waals surface area contributed by atoms with E-state index in [1.807, 2.05) is 13.8 Å². The maximum absolute atomic E-state index is 14.0. The fourth-order valence-corrected chi connectivity index (χ4v) is 2.98. The number of ether oxygens (including phenoxy) is 2. The molecule has 0 N–H and O–H groups in total. The molecule has 0 bridgehead atoms. The van der Waals surface area contributed by atoms with E-state index in [2.05, 4.69) is 9.72 Å². The Kier molecular flexibility index (Phi) is 6.18. The molecule has 0 aliphatic heterocycles. The second-order valence-corrected chi connectivity index (χ2v) is 5.65. The molecule has 0 aliphatic carbocycles. The van der Waals surface area contributed by atoms with Gasteiger partial charge in [-0.1, -0.05) is 13.8 Å². The molecule has 1 aromatic carbocycles. The van der Waals surface area contributed by atoms with Crippen molar-refractivity contribution in [2.75, 3.05) is 7.11 Å².